The van der Waals surface area contributed by atoms with Crippen LogP contribution in [0.5, 0.6) is 5.75 Å². The summed E-state index contributed by atoms with van der Waals surface area (Å²) in [5.74, 6) is 0.130. The van der Waals surface area contributed by atoms with Crippen LogP contribution in [0.15, 0.2) is 67.0 Å². The number of hydrogen-bond acceptors (Lipinski definition) is 4. The van der Waals surface area contributed by atoms with E-state index in [0.29, 0.717) is 18.8 Å². The zero-order valence-electron chi connectivity index (χ0n) is 16.1. The summed E-state index contributed by atoms with van der Waals surface area (Å²) in [4.78, 5) is 16.5. The van der Waals surface area contributed by atoms with Crippen LogP contribution in [0.2, 0.25) is 0 Å². The molecule has 1 aromatic heterocycles. The SMILES string of the molecule is O=C(COc1ccc(F)cc1)N1CCN(Cc2ccc(-n3cccn3)cc2)CC1. The normalized spacial score (nSPS) is 14.7. The predicted octanol–water partition coefficient (Wildman–Crippen LogP) is 2.73. The third-order valence-corrected chi connectivity index (χ3v) is 5.01. The maximum atomic E-state index is 12.9. The molecule has 150 valence electrons. The van der Waals surface area contributed by atoms with E-state index in [4.69, 9.17) is 4.74 Å². The molecule has 0 radical (unpaired) electrons. The average molecular weight is 394 g/mol. The standard InChI is InChI=1S/C22H23FN4O2/c23-19-4-8-21(9-5-19)29-17-22(28)26-14-12-25(13-15-26)16-18-2-6-20(7-3-18)27-11-1-10-24-27/h1-11H,12-17H2. The Kier molecular flexibility index (Phi) is 5.86. The molecule has 1 saturated heterocycles. The highest BCUT2D eigenvalue weighted by Gasteiger charge is 2.21. The molecule has 2 heterocycles. The van der Waals surface area contributed by atoms with Crippen LogP contribution in [0.4, 0.5) is 4.39 Å². The molecule has 1 aliphatic heterocycles. The Hall–Kier alpha value is -3.19. The lowest BCUT2D eigenvalue weighted by Gasteiger charge is -2.34. The second kappa shape index (κ2) is 8.87. The number of aromatic nitrogens is 2. The molecule has 3 aromatic rings. The number of halogens is 1. The first-order chi connectivity index (χ1) is 14.2. The van der Waals surface area contributed by atoms with E-state index in [-0.39, 0.29) is 18.3 Å². The lowest BCUT2D eigenvalue weighted by atomic mass is 10.2. The van der Waals surface area contributed by atoms with Crippen molar-refractivity contribution in [3.8, 4) is 11.4 Å². The number of rotatable bonds is 6. The minimum atomic E-state index is -0.323. The number of carbonyl (C=O) groups excluding carboxylic acids is 1. The van der Waals surface area contributed by atoms with Gasteiger partial charge in [-0.3, -0.25) is 9.69 Å². The van der Waals surface area contributed by atoms with Gasteiger partial charge in [0.1, 0.15) is 11.6 Å². The van der Waals surface area contributed by atoms with E-state index in [2.05, 4.69) is 34.3 Å². The summed E-state index contributed by atoms with van der Waals surface area (Å²) in [7, 11) is 0. The van der Waals surface area contributed by atoms with Gasteiger partial charge in [-0.1, -0.05) is 12.1 Å². The monoisotopic (exact) mass is 394 g/mol. The number of nitrogens with zero attached hydrogens (tertiary/aromatic N) is 4. The summed E-state index contributed by atoms with van der Waals surface area (Å²) in [5, 5.41) is 4.24. The highest BCUT2D eigenvalue weighted by molar-refractivity contribution is 5.77. The first-order valence-corrected chi connectivity index (χ1v) is 9.65. The second-order valence-corrected chi connectivity index (χ2v) is 7.02. The van der Waals surface area contributed by atoms with Gasteiger partial charge in [-0.25, -0.2) is 9.07 Å². The van der Waals surface area contributed by atoms with E-state index in [9.17, 15) is 9.18 Å². The third kappa shape index (κ3) is 5.00. The van der Waals surface area contributed by atoms with E-state index >= 15 is 0 Å². The van der Waals surface area contributed by atoms with Gasteiger partial charge >= 0.3 is 0 Å². The summed E-state index contributed by atoms with van der Waals surface area (Å²) >= 11 is 0. The van der Waals surface area contributed by atoms with E-state index < -0.39 is 0 Å². The van der Waals surface area contributed by atoms with Gasteiger partial charge in [0.15, 0.2) is 6.61 Å². The zero-order valence-corrected chi connectivity index (χ0v) is 16.1. The van der Waals surface area contributed by atoms with Crippen molar-refractivity contribution in [1.82, 2.24) is 19.6 Å². The predicted molar refractivity (Wildman–Crippen MR) is 107 cm³/mol. The Morgan fingerprint density at radius 3 is 2.38 bits per heavy atom. The number of amides is 1. The summed E-state index contributed by atoms with van der Waals surface area (Å²) in [6.07, 6.45) is 3.68. The van der Waals surface area contributed by atoms with Gasteiger partial charge in [-0.15, -0.1) is 0 Å². The van der Waals surface area contributed by atoms with Gasteiger partial charge in [-0.05, 0) is 48.0 Å². The Bertz CT molecular complexity index is 918. The van der Waals surface area contributed by atoms with Crippen molar-refractivity contribution in [3.05, 3.63) is 78.4 Å². The van der Waals surface area contributed by atoms with Gasteiger partial charge < -0.3 is 9.64 Å². The van der Waals surface area contributed by atoms with Gasteiger partial charge in [0.2, 0.25) is 0 Å². The molecule has 0 N–H and O–H groups in total. The van der Waals surface area contributed by atoms with Crippen LogP contribution < -0.4 is 4.74 Å². The molecule has 0 unspecified atom stereocenters. The molecule has 0 spiro atoms. The molecule has 1 aliphatic rings. The van der Waals surface area contributed by atoms with Crippen molar-refractivity contribution in [2.45, 2.75) is 6.54 Å². The maximum absolute atomic E-state index is 12.9. The maximum Gasteiger partial charge on any atom is 0.260 e. The quantitative estimate of drug-likeness (QED) is 0.645. The first kappa shape index (κ1) is 19.1. The summed E-state index contributed by atoms with van der Waals surface area (Å²) < 4.78 is 20.2. The highest BCUT2D eigenvalue weighted by Crippen LogP contribution is 2.14. The molecule has 29 heavy (non-hydrogen) atoms. The van der Waals surface area contributed by atoms with Crippen LogP contribution in [0, 0.1) is 5.82 Å². The molecule has 1 fully saturated rings. The Morgan fingerprint density at radius 1 is 1.00 bits per heavy atom. The van der Waals surface area contributed by atoms with Crippen molar-refractivity contribution in [2.24, 2.45) is 0 Å². The van der Waals surface area contributed by atoms with Crippen LogP contribution in [0.25, 0.3) is 5.69 Å². The van der Waals surface area contributed by atoms with E-state index in [0.717, 1.165) is 25.3 Å². The minimum Gasteiger partial charge on any atom is -0.484 e. The van der Waals surface area contributed by atoms with Crippen LogP contribution in [0.3, 0.4) is 0 Å². The summed E-state index contributed by atoms with van der Waals surface area (Å²) in [6.45, 7) is 3.83. The van der Waals surface area contributed by atoms with E-state index in [1.807, 2.05) is 21.8 Å². The van der Waals surface area contributed by atoms with E-state index in [1.165, 1.54) is 29.8 Å². The topological polar surface area (TPSA) is 50.6 Å². The van der Waals surface area contributed by atoms with Crippen molar-refractivity contribution >= 4 is 5.91 Å². The van der Waals surface area contributed by atoms with Crippen molar-refractivity contribution < 1.29 is 13.9 Å². The Balaban J connectivity index is 1.22. The van der Waals surface area contributed by atoms with Gasteiger partial charge in [0.25, 0.3) is 5.91 Å². The van der Waals surface area contributed by atoms with Crippen LogP contribution in [0.1, 0.15) is 5.56 Å². The first-order valence-electron chi connectivity index (χ1n) is 9.65. The lowest BCUT2D eigenvalue weighted by molar-refractivity contribution is -0.135. The lowest BCUT2D eigenvalue weighted by Crippen LogP contribution is -2.49. The number of benzene rings is 2. The van der Waals surface area contributed by atoms with Gasteiger partial charge in [-0.2, -0.15) is 5.10 Å². The van der Waals surface area contributed by atoms with Crippen molar-refractivity contribution in [2.75, 3.05) is 32.8 Å². The fraction of sp³-hybridized carbons (Fsp3) is 0.273. The second-order valence-electron chi connectivity index (χ2n) is 7.02. The van der Waals surface area contributed by atoms with E-state index in [1.54, 1.807) is 6.20 Å². The van der Waals surface area contributed by atoms with Gasteiger partial charge in [0, 0.05) is 45.1 Å². The number of hydrogen-bond donors (Lipinski definition) is 0. The third-order valence-electron chi connectivity index (χ3n) is 5.01. The summed E-state index contributed by atoms with van der Waals surface area (Å²) in [5.41, 5.74) is 2.27. The molecule has 0 aliphatic carbocycles. The molecule has 1 amide bonds. The van der Waals surface area contributed by atoms with Crippen LogP contribution >= 0.6 is 0 Å². The molecular formula is C22H23FN4O2. The van der Waals surface area contributed by atoms with Crippen LogP contribution in [-0.4, -0.2) is 58.3 Å². The number of carbonyl (C=O) groups is 1. The fourth-order valence-electron chi connectivity index (χ4n) is 3.36. The smallest absolute Gasteiger partial charge is 0.260 e. The van der Waals surface area contributed by atoms with Crippen LogP contribution in [-0.2, 0) is 11.3 Å². The molecule has 0 bridgehead atoms. The fourth-order valence-corrected chi connectivity index (χ4v) is 3.36. The molecule has 7 heteroatoms. The molecule has 4 rings (SSSR count). The number of piperazine rings is 1. The zero-order chi connectivity index (χ0) is 20.1. The number of ether oxygens (including phenoxy) is 1. The minimum absolute atomic E-state index is 0.0273. The molecule has 0 saturated carbocycles. The van der Waals surface area contributed by atoms with Crippen molar-refractivity contribution in [1.29, 1.82) is 0 Å². The van der Waals surface area contributed by atoms with Crippen molar-refractivity contribution in [3.63, 3.8) is 0 Å². The molecule has 6 nitrogen and oxygen atoms in total. The molecule has 2 aromatic carbocycles. The molecular weight excluding hydrogens is 371 g/mol. The highest BCUT2D eigenvalue weighted by atomic mass is 19.1. The summed E-state index contributed by atoms with van der Waals surface area (Å²) in [6, 6.07) is 16.0. The molecule has 0 atom stereocenters. The average Bonchev–Trinajstić information content (AvgIpc) is 3.29. The van der Waals surface area contributed by atoms with Gasteiger partial charge in [0.05, 0.1) is 5.69 Å². The largest absolute Gasteiger partial charge is 0.484 e. The Labute approximate surface area is 169 Å². The Morgan fingerprint density at radius 2 is 1.72 bits per heavy atom.